The van der Waals surface area contributed by atoms with Gasteiger partial charge in [-0.1, -0.05) is 6.07 Å². The Morgan fingerprint density at radius 1 is 1.50 bits per heavy atom. The third-order valence-corrected chi connectivity index (χ3v) is 4.93. The van der Waals surface area contributed by atoms with E-state index in [9.17, 15) is 4.79 Å². The van der Waals surface area contributed by atoms with Gasteiger partial charge in [-0.15, -0.1) is 0 Å². The molecule has 0 bridgehead atoms. The van der Waals surface area contributed by atoms with Crippen LogP contribution >= 0.6 is 11.8 Å². The van der Waals surface area contributed by atoms with Crippen LogP contribution in [0.1, 0.15) is 24.8 Å². The molecule has 2 heterocycles. The quantitative estimate of drug-likeness (QED) is 0.896. The van der Waals surface area contributed by atoms with Crippen molar-refractivity contribution < 1.29 is 4.79 Å². The maximum absolute atomic E-state index is 12.6. The van der Waals surface area contributed by atoms with Crippen LogP contribution < -0.4 is 5.32 Å². The first-order chi connectivity index (χ1) is 9.83. The van der Waals surface area contributed by atoms with E-state index >= 15 is 0 Å². The van der Waals surface area contributed by atoms with Crippen LogP contribution in [-0.2, 0) is 11.3 Å². The van der Waals surface area contributed by atoms with Gasteiger partial charge < -0.3 is 10.2 Å². The Labute approximate surface area is 124 Å². The Morgan fingerprint density at radius 2 is 2.40 bits per heavy atom. The highest BCUT2D eigenvalue weighted by Gasteiger charge is 2.33. The molecule has 0 aromatic carbocycles. The number of nitrogens with zero attached hydrogens (tertiary/aromatic N) is 2. The predicted octanol–water partition coefficient (Wildman–Crippen LogP) is 1.67. The van der Waals surface area contributed by atoms with E-state index in [4.69, 9.17) is 0 Å². The van der Waals surface area contributed by atoms with Crippen molar-refractivity contribution in [2.45, 2.75) is 37.9 Å². The van der Waals surface area contributed by atoms with Gasteiger partial charge in [-0.2, -0.15) is 11.8 Å². The number of aromatic nitrogens is 1. The maximum Gasteiger partial charge on any atom is 0.224 e. The molecule has 1 aliphatic heterocycles. The van der Waals surface area contributed by atoms with Gasteiger partial charge in [0.2, 0.25) is 5.91 Å². The molecule has 3 rings (SSSR count). The minimum atomic E-state index is 0.288. The molecule has 2 aliphatic rings. The third-order valence-electron chi connectivity index (χ3n) is 3.80. The van der Waals surface area contributed by atoms with E-state index in [1.165, 1.54) is 0 Å². The summed E-state index contributed by atoms with van der Waals surface area (Å²) in [7, 11) is 0. The molecule has 1 aromatic rings. The van der Waals surface area contributed by atoms with Crippen LogP contribution in [0.3, 0.4) is 0 Å². The van der Waals surface area contributed by atoms with Gasteiger partial charge in [0.15, 0.2) is 0 Å². The van der Waals surface area contributed by atoms with Crippen LogP contribution in [0.5, 0.6) is 0 Å². The zero-order valence-corrected chi connectivity index (χ0v) is 12.4. The van der Waals surface area contributed by atoms with Crippen molar-refractivity contribution >= 4 is 17.7 Å². The SMILES string of the molecule is O=C(CC1CSCCN1)N(Cc1cccnc1)C1CC1. The first-order valence-electron chi connectivity index (χ1n) is 7.32. The summed E-state index contributed by atoms with van der Waals surface area (Å²) in [5.74, 6) is 2.50. The molecule has 5 heteroatoms. The van der Waals surface area contributed by atoms with Gasteiger partial charge in [0.05, 0.1) is 0 Å². The normalized spacial score (nSPS) is 22.5. The zero-order chi connectivity index (χ0) is 13.8. The molecule has 1 unspecified atom stereocenters. The molecule has 1 saturated heterocycles. The van der Waals surface area contributed by atoms with E-state index in [0.717, 1.165) is 36.5 Å². The van der Waals surface area contributed by atoms with Gasteiger partial charge in [0.25, 0.3) is 0 Å². The smallest absolute Gasteiger partial charge is 0.224 e. The maximum atomic E-state index is 12.6. The molecule has 4 nitrogen and oxygen atoms in total. The minimum absolute atomic E-state index is 0.288. The Balaban J connectivity index is 1.59. The molecule has 20 heavy (non-hydrogen) atoms. The summed E-state index contributed by atoms with van der Waals surface area (Å²) in [6.07, 6.45) is 6.56. The number of nitrogens with one attached hydrogen (secondary N) is 1. The molecular weight excluding hydrogens is 270 g/mol. The molecule has 1 atom stereocenters. The molecule has 2 fully saturated rings. The van der Waals surface area contributed by atoms with Crippen molar-refractivity contribution in [3.63, 3.8) is 0 Å². The second kappa shape index (κ2) is 6.59. The number of amides is 1. The van der Waals surface area contributed by atoms with Crippen LogP contribution in [0.15, 0.2) is 24.5 Å². The lowest BCUT2D eigenvalue weighted by molar-refractivity contribution is -0.132. The van der Waals surface area contributed by atoms with Crippen molar-refractivity contribution in [1.82, 2.24) is 15.2 Å². The van der Waals surface area contributed by atoms with Crippen LogP contribution in [-0.4, -0.2) is 45.9 Å². The molecule has 0 radical (unpaired) electrons. The van der Waals surface area contributed by atoms with Crippen LogP contribution in [0.4, 0.5) is 0 Å². The fourth-order valence-corrected chi connectivity index (χ4v) is 3.52. The summed E-state index contributed by atoms with van der Waals surface area (Å²) >= 11 is 1.94. The molecule has 1 aliphatic carbocycles. The fraction of sp³-hybridized carbons (Fsp3) is 0.600. The number of carbonyl (C=O) groups is 1. The van der Waals surface area contributed by atoms with Crippen LogP contribution in [0.25, 0.3) is 0 Å². The van der Waals surface area contributed by atoms with E-state index < -0.39 is 0 Å². The van der Waals surface area contributed by atoms with Gasteiger partial charge in [-0.25, -0.2) is 0 Å². The lowest BCUT2D eigenvalue weighted by Crippen LogP contribution is -2.43. The van der Waals surface area contributed by atoms with Crippen molar-refractivity contribution in [2.75, 3.05) is 18.1 Å². The summed E-state index contributed by atoms with van der Waals surface area (Å²) in [4.78, 5) is 18.7. The summed E-state index contributed by atoms with van der Waals surface area (Å²) in [6.45, 7) is 1.73. The lowest BCUT2D eigenvalue weighted by atomic mass is 10.2. The van der Waals surface area contributed by atoms with Crippen molar-refractivity contribution in [3.05, 3.63) is 30.1 Å². The second-order valence-corrected chi connectivity index (χ2v) is 6.69. The van der Waals surface area contributed by atoms with Crippen molar-refractivity contribution in [3.8, 4) is 0 Å². The summed E-state index contributed by atoms with van der Waals surface area (Å²) in [5.41, 5.74) is 1.12. The van der Waals surface area contributed by atoms with Crippen molar-refractivity contribution in [1.29, 1.82) is 0 Å². The van der Waals surface area contributed by atoms with E-state index in [0.29, 0.717) is 25.0 Å². The first kappa shape index (κ1) is 13.9. The number of pyridine rings is 1. The fourth-order valence-electron chi connectivity index (χ4n) is 2.57. The summed E-state index contributed by atoms with van der Waals surface area (Å²) in [6, 6.07) is 4.78. The van der Waals surface area contributed by atoms with Crippen LogP contribution in [0.2, 0.25) is 0 Å². The average molecular weight is 291 g/mol. The van der Waals surface area contributed by atoms with Gasteiger partial charge in [-0.3, -0.25) is 9.78 Å². The van der Waals surface area contributed by atoms with E-state index in [2.05, 4.69) is 15.2 Å². The van der Waals surface area contributed by atoms with E-state index in [1.54, 1.807) is 6.20 Å². The monoisotopic (exact) mass is 291 g/mol. The molecule has 0 spiro atoms. The molecule has 108 valence electrons. The standard InChI is InChI=1S/C15H21N3OS/c19-15(8-13-11-20-7-6-17-13)18(14-3-4-14)10-12-2-1-5-16-9-12/h1-2,5,9,13-14,17H,3-4,6-8,10-11H2. The first-order valence-corrected chi connectivity index (χ1v) is 8.48. The summed E-state index contributed by atoms with van der Waals surface area (Å²) < 4.78 is 0. The Morgan fingerprint density at radius 3 is 3.05 bits per heavy atom. The lowest BCUT2D eigenvalue weighted by Gasteiger charge is -2.27. The molecular formula is C15H21N3OS. The van der Waals surface area contributed by atoms with Gasteiger partial charge in [0.1, 0.15) is 0 Å². The van der Waals surface area contributed by atoms with Gasteiger partial charge >= 0.3 is 0 Å². The topological polar surface area (TPSA) is 45.2 Å². The Kier molecular flexibility index (Phi) is 4.58. The molecule has 1 N–H and O–H groups in total. The number of hydrogen-bond acceptors (Lipinski definition) is 4. The number of carbonyl (C=O) groups excluding carboxylic acids is 1. The van der Waals surface area contributed by atoms with Gasteiger partial charge in [0, 0.05) is 55.5 Å². The van der Waals surface area contributed by atoms with Crippen molar-refractivity contribution in [2.24, 2.45) is 0 Å². The Bertz CT molecular complexity index is 444. The molecule has 1 aromatic heterocycles. The zero-order valence-electron chi connectivity index (χ0n) is 11.6. The van der Waals surface area contributed by atoms with E-state index in [-0.39, 0.29) is 5.91 Å². The largest absolute Gasteiger partial charge is 0.335 e. The van der Waals surface area contributed by atoms with Crippen LogP contribution in [0, 0.1) is 0 Å². The highest BCUT2D eigenvalue weighted by atomic mass is 32.2. The average Bonchev–Trinajstić information content (AvgIpc) is 3.31. The van der Waals surface area contributed by atoms with E-state index in [1.807, 2.05) is 30.1 Å². The third kappa shape index (κ3) is 3.73. The number of rotatable bonds is 5. The number of thioether (sulfide) groups is 1. The number of hydrogen-bond donors (Lipinski definition) is 1. The molecule has 1 amide bonds. The highest BCUT2D eigenvalue weighted by molar-refractivity contribution is 7.99. The predicted molar refractivity (Wildman–Crippen MR) is 81.5 cm³/mol. The Hall–Kier alpha value is -1.07. The van der Waals surface area contributed by atoms with Gasteiger partial charge in [-0.05, 0) is 24.5 Å². The molecule has 1 saturated carbocycles. The minimum Gasteiger partial charge on any atom is -0.335 e. The second-order valence-electron chi connectivity index (χ2n) is 5.54. The highest BCUT2D eigenvalue weighted by Crippen LogP contribution is 2.29. The summed E-state index contributed by atoms with van der Waals surface area (Å²) in [5, 5.41) is 3.45.